The zero-order valence-corrected chi connectivity index (χ0v) is 20.9. The van der Waals surface area contributed by atoms with Gasteiger partial charge in [-0.15, -0.1) is 4.68 Å². The van der Waals surface area contributed by atoms with E-state index in [-0.39, 0.29) is 6.04 Å². The lowest BCUT2D eigenvalue weighted by Gasteiger charge is -2.34. The van der Waals surface area contributed by atoms with Crippen molar-refractivity contribution >= 4 is 23.5 Å². The molecule has 182 valence electrons. The van der Waals surface area contributed by atoms with Crippen LogP contribution in [0.4, 0.5) is 22.2 Å². The van der Waals surface area contributed by atoms with Gasteiger partial charge in [-0.3, -0.25) is 4.68 Å². The molecule has 0 spiro atoms. The molecule has 3 aromatic heterocycles. The van der Waals surface area contributed by atoms with Crippen molar-refractivity contribution in [2.45, 2.75) is 53.2 Å². The highest BCUT2D eigenvalue weighted by Crippen LogP contribution is 2.31. The van der Waals surface area contributed by atoms with Crippen molar-refractivity contribution in [1.82, 2.24) is 24.5 Å². The average Bonchev–Trinajstić information content (AvgIpc) is 3.28. The summed E-state index contributed by atoms with van der Waals surface area (Å²) in [6.45, 7) is 13.5. The maximum Gasteiger partial charge on any atom is 0.437 e. The molecule has 0 radical (unpaired) electrons. The summed E-state index contributed by atoms with van der Waals surface area (Å²) < 4.78 is 14.2. The zero-order chi connectivity index (χ0) is 24.6. The van der Waals surface area contributed by atoms with Crippen LogP contribution in [0, 0.1) is 13.8 Å². The second kappa shape index (κ2) is 9.09. The lowest BCUT2D eigenvalue weighted by atomic mass is 10.1. The number of ether oxygens (including phenoxy) is 2. The summed E-state index contributed by atoms with van der Waals surface area (Å²) in [6, 6.07) is 6.02. The van der Waals surface area contributed by atoms with Crippen molar-refractivity contribution in [3.63, 3.8) is 0 Å². The van der Waals surface area contributed by atoms with Crippen LogP contribution in [-0.4, -0.2) is 62.0 Å². The predicted octanol–water partition coefficient (Wildman–Crippen LogP) is 4.05. The van der Waals surface area contributed by atoms with Gasteiger partial charge in [0.15, 0.2) is 0 Å². The Kier molecular flexibility index (Phi) is 6.35. The van der Waals surface area contributed by atoms with E-state index in [2.05, 4.69) is 33.4 Å². The molecule has 34 heavy (non-hydrogen) atoms. The van der Waals surface area contributed by atoms with Crippen LogP contribution in [0.25, 0.3) is 11.3 Å². The van der Waals surface area contributed by atoms with E-state index in [4.69, 9.17) is 14.5 Å². The van der Waals surface area contributed by atoms with E-state index in [9.17, 15) is 4.79 Å². The van der Waals surface area contributed by atoms with Crippen LogP contribution in [0.5, 0.6) is 0 Å². The van der Waals surface area contributed by atoms with E-state index in [1.54, 1.807) is 6.07 Å². The molecule has 10 heteroatoms. The fourth-order valence-electron chi connectivity index (χ4n) is 4.06. The molecule has 1 atom stereocenters. The molecule has 0 aromatic carbocycles. The summed E-state index contributed by atoms with van der Waals surface area (Å²) in [5.41, 5.74) is 3.10. The van der Waals surface area contributed by atoms with E-state index in [0.29, 0.717) is 30.5 Å². The van der Waals surface area contributed by atoms with Gasteiger partial charge in [-0.1, -0.05) is 0 Å². The minimum Gasteiger partial charge on any atom is -0.442 e. The van der Waals surface area contributed by atoms with Crippen LogP contribution in [0.1, 0.15) is 39.0 Å². The van der Waals surface area contributed by atoms with Gasteiger partial charge in [-0.25, -0.2) is 9.78 Å². The molecular formula is C24H33N7O3. The minimum atomic E-state index is -0.636. The number of pyridine rings is 1. The van der Waals surface area contributed by atoms with Gasteiger partial charge in [-0.2, -0.15) is 10.2 Å². The number of aromatic nitrogens is 5. The maximum absolute atomic E-state index is 12.8. The number of carbonyl (C=O) groups excluding carboxylic acids is 1. The third kappa shape index (κ3) is 5.06. The quantitative estimate of drug-likeness (QED) is 0.614. The number of carbonyl (C=O) groups is 1. The highest BCUT2D eigenvalue weighted by atomic mass is 16.6. The highest BCUT2D eigenvalue weighted by Gasteiger charge is 2.24. The molecule has 0 amide bonds. The SMILES string of the molecule is Cc1cc(Nc2cc(-c3c(C)cnn3C)cc(N3CCOCC3C)n2)n(C(=O)OC(C)(C)C)n1. The summed E-state index contributed by atoms with van der Waals surface area (Å²) in [5, 5.41) is 12.0. The second-order valence-electron chi connectivity index (χ2n) is 9.70. The number of hydrogen-bond donors (Lipinski definition) is 1. The van der Waals surface area contributed by atoms with E-state index in [1.165, 1.54) is 4.68 Å². The first-order chi connectivity index (χ1) is 16.0. The fourth-order valence-corrected chi connectivity index (χ4v) is 4.06. The topological polar surface area (TPSA) is 99.3 Å². The number of hydrogen-bond acceptors (Lipinski definition) is 8. The lowest BCUT2D eigenvalue weighted by molar-refractivity contribution is 0.0518. The monoisotopic (exact) mass is 467 g/mol. The number of morpholine rings is 1. The van der Waals surface area contributed by atoms with Gasteiger partial charge in [0.25, 0.3) is 0 Å². The molecule has 4 heterocycles. The summed E-state index contributed by atoms with van der Waals surface area (Å²) in [4.78, 5) is 19.9. The molecule has 0 bridgehead atoms. The van der Waals surface area contributed by atoms with Crippen LogP contribution < -0.4 is 10.2 Å². The third-order valence-electron chi connectivity index (χ3n) is 5.52. The molecule has 1 aliphatic heterocycles. The molecule has 4 rings (SSSR count). The van der Waals surface area contributed by atoms with Crippen molar-refractivity contribution in [1.29, 1.82) is 0 Å². The number of anilines is 3. The van der Waals surface area contributed by atoms with Crippen molar-refractivity contribution < 1.29 is 14.3 Å². The summed E-state index contributed by atoms with van der Waals surface area (Å²) >= 11 is 0. The Bertz CT molecular complexity index is 1170. The van der Waals surface area contributed by atoms with Gasteiger partial charge in [0.1, 0.15) is 23.1 Å². The van der Waals surface area contributed by atoms with E-state index in [1.807, 2.05) is 58.6 Å². The normalized spacial score (nSPS) is 16.6. The van der Waals surface area contributed by atoms with Gasteiger partial charge in [0.05, 0.1) is 36.8 Å². The van der Waals surface area contributed by atoms with Crippen LogP contribution in [0.15, 0.2) is 24.4 Å². The zero-order valence-electron chi connectivity index (χ0n) is 20.9. The molecule has 1 unspecified atom stereocenters. The van der Waals surface area contributed by atoms with Gasteiger partial charge < -0.3 is 19.7 Å². The maximum atomic E-state index is 12.8. The Morgan fingerprint density at radius 3 is 2.65 bits per heavy atom. The molecular weight excluding hydrogens is 434 g/mol. The Hall–Kier alpha value is -3.40. The number of nitrogens with one attached hydrogen (secondary N) is 1. The molecule has 1 aliphatic rings. The Morgan fingerprint density at radius 1 is 1.24 bits per heavy atom. The van der Waals surface area contributed by atoms with Crippen LogP contribution in [0.3, 0.4) is 0 Å². The number of aryl methyl sites for hydroxylation is 3. The van der Waals surface area contributed by atoms with E-state index < -0.39 is 11.7 Å². The van der Waals surface area contributed by atoms with Crippen molar-refractivity contribution in [3.8, 4) is 11.3 Å². The standard InChI is InChI=1S/C24H33N7O3/c1-15-13-25-29(7)22(15)18-11-19(26-20(12-18)30-8-9-33-14-17(30)3)27-21-10-16(2)28-31(21)23(32)34-24(4,5)6/h10-13,17H,8-9,14H2,1-7H3,(H,26,27). The minimum absolute atomic E-state index is 0.187. The number of rotatable bonds is 4. The Labute approximate surface area is 199 Å². The van der Waals surface area contributed by atoms with Crippen molar-refractivity contribution in [3.05, 3.63) is 35.7 Å². The van der Waals surface area contributed by atoms with Crippen LogP contribution in [-0.2, 0) is 16.5 Å². The summed E-state index contributed by atoms with van der Waals surface area (Å²) in [7, 11) is 1.92. The molecule has 0 aliphatic carbocycles. The highest BCUT2D eigenvalue weighted by molar-refractivity contribution is 5.77. The van der Waals surface area contributed by atoms with Gasteiger partial charge in [-0.05, 0) is 59.2 Å². The lowest BCUT2D eigenvalue weighted by Crippen LogP contribution is -2.44. The number of nitrogens with zero attached hydrogens (tertiary/aromatic N) is 6. The van der Waals surface area contributed by atoms with E-state index >= 15 is 0 Å². The summed E-state index contributed by atoms with van der Waals surface area (Å²) in [6.07, 6.45) is 1.30. The van der Waals surface area contributed by atoms with Crippen molar-refractivity contribution in [2.24, 2.45) is 7.05 Å². The molecule has 10 nitrogen and oxygen atoms in total. The molecule has 0 saturated carbocycles. The average molecular weight is 468 g/mol. The Morgan fingerprint density at radius 2 is 2.00 bits per heavy atom. The van der Waals surface area contributed by atoms with Crippen LogP contribution in [0.2, 0.25) is 0 Å². The summed E-state index contributed by atoms with van der Waals surface area (Å²) in [5.74, 6) is 1.91. The molecule has 1 fully saturated rings. The molecule has 3 aromatic rings. The predicted molar refractivity (Wildman–Crippen MR) is 131 cm³/mol. The van der Waals surface area contributed by atoms with Gasteiger partial charge >= 0.3 is 6.09 Å². The molecule has 1 saturated heterocycles. The Balaban J connectivity index is 1.76. The first-order valence-corrected chi connectivity index (χ1v) is 11.4. The smallest absolute Gasteiger partial charge is 0.437 e. The first-order valence-electron chi connectivity index (χ1n) is 11.4. The second-order valence-corrected chi connectivity index (χ2v) is 9.70. The largest absolute Gasteiger partial charge is 0.442 e. The van der Waals surface area contributed by atoms with Gasteiger partial charge in [0.2, 0.25) is 0 Å². The molecule has 1 N–H and O–H groups in total. The fraction of sp³-hybridized carbons (Fsp3) is 0.500. The van der Waals surface area contributed by atoms with Crippen LogP contribution >= 0.6 is 0 Å². The van der Waals surface area contributed by atoms with Crippen molar-refractivity contribution in [2.75, 3.05) is 30.0 Å². The van der Waals surface area contributed by atoms with E-state index in [0.717, 1.165) is 29.2 Å². The first kappa shape index (κ1) is 23.7. The van der Waals surface area contributed by atoms with Gasteiger partial charge in [0, 0.05) is 25.2 Å². The third-order valence-corrected chi connectivity index (χ3v) is 5.52.